The molecule has 1 aromatic heterocycles. The van der Waals surface area contributed by atoms with Crippen molar-refractivity contribution in [3.63, 3.8) is 0 Å². The summed E-state index contributed by atoms with van der Waals surface area (Å²) in [5.41, 5.74) is 0. The molecular weight excluding hydrogens is 218 g/mol. The summed E-state index contributed by atoms with van der Waals surface area (Å²) in [5, 5.41) is 9.27. The molecule has 2 atom stereocenters. The Hall–Kier alpha value is -1.29. The molecule has 2 unspecified atom stereocenters. The van der Waals surface area contributed by atoms with Crippen molar-refractivity contribution in [2.45, 2.75) is 39.3 Å². The Bertz CT molecular complexity index is 346. The average Bonchev–Trinajstić information content (AvgIpc) is 2.76. The van der Waals surface area contributed by atoms with Gasteiger partial charge in [-0.1, -0.05) is 13.8 Å². The van der Waals surface area contributed by atoms with Gasteiger partial charge in [0.05, 0.1) is 12.3 Å². The summed E-state index contributed by atoms with van der Waals surface area (Å²) in [5.74, 6) is 0.365. The van der Waals surface area contributed by atoms with Crippen LogP contribution < -0.4 is 0 Å². The first kappa shape index (κ1) is 13.8. The number of aliphatic carboxylic acids is 1. The van der Waals surface area contributed by atoms with Crippen molar-refractivity contribution in [1.82, 2.24) is 4.90 Å². The SMILES string of the molecule is CC(C)CC(C(=O)O)N(C)C(C)c1ccco1. The Morgan fingerprint density at radius 2 is 2.12 bits per heavy atom. The van der Waals surface area contributed by atoms with Gasteiger partial charge in [-0.25, -0.2) is 0 Å². The molecule has 1 heterocycles. The van der Waals surface area contributed by atoms with Gasteiger partial charge in [0.15, 0.2) is 0 Å². The number of hydrogen-bond acceptors (Lipinski definition) is 3. The van der Waals surface area contributed by atoms with E-state index in [0.717, 1.165) is 5.76 Å². The third kappa shape index (κ3) is 3.60. The summed E-state index contributed by atoms with van der Waals surface area (Å²) in [7, 11) is 1.83. The van der Waals surface area contributed by atoms with Crippen molar-refractivity contribution < 1.29 is 14.3 Å². The third-order valence-corrected chi connectivity index (χ3v) is 3.04. The average molecular weight is 239 g/mol. The summed E-state index contributed by atoms with van der Waals surface area (Å²) in [6, 6.07) is 3.17. The second-order valence-corrected chi connectivity index (χ2v) is 4.84. The minimum absolute atomic E-state index is 0.0372. The molecular formula is C13H21NO3. The van der Waals surface area contributed by atoms with Crippen molar-refractivity contribution in [2.75, 3.05) is 7.05 Å². The maximum absolute atomic E-state index is 11.3. The van der Waals surface area contributed by atoms with Crippen molar-refractivity contribution in [2.24, 2.45) is 5.92 Å². The summed E-state index contributed by atoms with van der Waals surface area (Å²) in [6.07, 6.45) is 2.24. The van der Waals surface area contributed by atoms with E-state index in [2.05, 4.69) is 0 Å². The number of hydrogen-bond donors (Lipinski definition) is 1. The summed E-state index contributed by atoms with van der Waals surface area (Å²) in [4.78, 5) is 13.1. The molecule has 0 aromatic carbocycles. The number of furan rings is 1. The standard InChI is InChI=1S/C13H21NO3/c1-9(2)8-11(13(15)16)14(4)10(3)12-6-5-7-17-12/h5-7,9-11H,8H2,1-4H3,(H,15,16). The molecule has 0 aliphatic rings. The molecule has 0 amide bonds. The fourth-order valence-electron chi connectivity index (χ4n) is 1.89. The Kier molecular flexibility index (Phi) is 4.75. The van der Waals surface area contributed by atoms with E-state index in [4.69, 9.17) is 4.42 Å². The van der Waals surface area contributed by atoms with E-state index in [1.807, 2.05) is 44.9 Å². The molecule has 0 aliphatic carbocycles. The lowest BCUT2D eigenvalue weighted by molar-refractivity contribution is -0.144. The van der Waals surface area contributed by atoms with E-state index in [9.17, 15) is 9.90 Å². The second-order valence-electron chi connectivity index (χ2n) is 4.84. The summed E-state index contributed by atoms with van der Waals surface area (Å²) >= 11 is 0. The third-order valence-electron chi connectivity index (χ3n) is 3.04. The molecule has 0 bridgehead atoms. The predicted octanol–water partition coefficient (Wildman–Crippen LogP) is 2.77. The monoisotopic (exact) mass is 239 g/mol. The normalized spacial score (nSPS) is 15.2. The van der Waals surface area contributed by atoms with Crippen LogP contribution in [0.3, 0.4) is 0 Å². The van der Waals surface area contributed by atoms with Crippen molar-refractivity contribution in [3.05, 3.63) is 24.2 Å². The lowest BCUT2D eigenvalue weighted by Crippen LogP contribution is -2.40. The lowest BCUT2D eigenvalue weighted by Gasteiger charge is -2.30. The fourth-order valence-corrected chi connectivity index (χ4v) is 1.89. The van der Waals surface area contributed by atoms with Gasteiger partial charge in [0, 0.05) is 0 Å². The molecule has 0 aliphatic heterocycles. The highest BCUT2D eigenvalue weighted by molar-refractivity contribution is 5.73. The Morgan fingerprint density at radius 1 is 1.47 bits per heavy atom. The van der Waals surface area contributed by atoms with Crippen LogP contribution in [0.15, 0.2) is 22.8 Å². The lowest BCUT2D eigenvalue weighted by atomic mass is 10.0. The molecule has 0 spiro atoms. The van der Waals surface area contributed by atoms with Crippen molar-refractivity contribution in [3.8, 4) is 0 Å². The molecule has 4 heteroatoms. The molecule has 1 N–H and O–H groups in total. The Balaban J connectivity index is 2.77. The van der Waals surface area contributed by atoms with Gasteiger partial charge in [-0.15, -0.1) is 0 Å². The first-order valence-corrected chi connectivity index (χ1v) is 5.91. The van der Waals surface area contributed by atoms with Crippen LogP contribution in [0.4, 0.5) is 0 Å². The van der Waals surface area contributed by atoms with Gasteiger partial charge in [-0.05, 0) is 38.4 Å². The van der Waals surface area contributed by atoms with Gasteiger partial charge >= 0.3 is 5.97 Å². The molecule has 0 saturated carbocycles. The molecule has 1 rings (SSSR count). The molecule has 96 valence electrons. The number of carbonyl (C=O) groups is 1. The van der Waals surface area contributed by atoms with Crippen LogP contribution >= 0.6 is 0 Å². The minimum atomic E-state index is -0.778. The molecule has 17 heavy (non-hydrogen) atoms. The van der Waals surface area contributed by atoms with Crippen LogP contribution in [-0.4, -0.2) is 29.1 Å². The zero-order valence-electron chi connectivity index (χ0n) is 10.9. The van der Waals surface area contributed by atoms with Crippen LogP contribution in [-0.2, 0) is 4.79 Å². The van der Waals surface area contributed by atoms with Gasteiger partial charge in [-0.3, -0.25) is 9.69 Å². The highest BCUT2D eigenvalue weighted by Crippen LogP contribution is 2.23. The van der Waals surface area contributed by atoms with Crippen LogP contribution in [0.2, 0.25) is 0 Å². The largest absolute Gasteiger partial charge is 0.480 e. The maximum Gasteiger partial charge on any atom is 0.320 e. The number of carboxylic acid groups (broad SMARTS) is 1. The highest BCUT2D eigenvalue weighted by atomic mass is 16.4. The van der Waals surface area contributed by atoms with E-state index < -0.39 is 12.0 Å². The van der Waals surface area contributed by atoms with E-state index in [1.165, 1.54) is 0 Å². The number of carboxylic acids is 1. The molecule has 0 fully saturated rings. The van der Waals surface area contributed by atoms with Gasteiger partial charge in [0.2, 0.25) is 0 Å². The fraction of sp³-hybridized carbons (Fsp3) is 0.615. The van der Waals surface area contributed by atoms with E-state index >= 15 is 0 Å². The Morgan fingerprint density at radius 3 is 2.53 bits per heavy atom. The van der Waals surface area contributed by atoms with E-state index in [1.54, 1.807) is 6.26 Å². The quantitative estimate of drug-likeness (QED) is 0.829. The van der Waals surface area contributed by atoms with Gasteiger partial charge in [0.1, 0.15) is 11.8 Å². The van der Waals surface area contributed by atoms with Gasteiger partial charge in [0.25, 0.3) is 0 Å². The topological polar surface area (TPSA) is 53.7 Å². The number of likely N-dealkylation sites (N-methyl/N-ethyl adjacent to an activating group) is 1. The first-order valence-electron chi connectivity index (χ1n) is 5.91. The number of nitrogens with zero attached hydrogens (tertiary/aromatic N) is 1. The Labute approximate surface area is 102 Å². The number of rotatable bonds is 6. The second kappa shape index (κ2) is 5.87. The van der Waals surface area contributed by atoms with Gasteiger partial charge < -0.3 is 9.52 Å². The minimum Gasteiger partial charge on any atom is -0.480 e. The predicted molar refractivity (Wildman–Crippen MR) is 65.8 cm³/mol. The van der Waals surface area contributed by atoms with Crippen LogP contribution in [0.25, 0.3) is 0 Å². The summed E-state index contributed by atoms with van der Waals surface area (Å²) in [6.45, 7) is 6.01. The first-order chi connectivity index (χ1) is 7.93. The van der Waals surface area contributed by atoms with E-state index in [-0.39, 0.29) is 6.04 Å². The van der Waals surface area contributed by atoms with E-state index in [0.29, 0.717) is 12.3 Å². The van der Waals surface area contributed by atoms with Crippen molar-refractivity contribution in [1.29, 1.82) is 0 Å². The molecule has 0 radical (unpaired) electrons. The smallest absolute Gasteiger partial charge is 0.320 e. The highest BCUT2D eigenvalue weighted by Gasteiger charge is 2.28. The van der Waals surface area contributed by atoms with Gasteiger partial charge in [-0.2, -0.15) is 0 Å². The summed E-state index contributed by atoms with van der Waals surface area (Å²) < 4.78 is 5.32. The zero-order valence-corrected chi connectivity index (χ0v) is 10.9. The molecule has 0 saturated heterocycles. The van der Waals surface area contributed by atoms with Crippen LogP contribution in [0.5, 0.6) is 0 Å². The molecule has 4 nitrogen and oxygen atoms in total. The maximum atomic E-state index is 11.3. The zero-order chi connectivity index (χ0) is 13.0. The van der Waals surface area contributed by atoms with Crippen molar-refractivity contribution >= 4 is 5.97 Å². The molecule has 1 aromatic rings. The van der Waals surface area contributed by atoms with Crippen LogP contribution in [0.1, 0.15) is 39.0 Å². The van der Waals surface area contributed by atoms with Crippen LogP contribution in [0, 0.1) is 5.92 Å².